The fraction of sp³-hybridized carbons (Fsp3) is 0.381. The molecule has 7 nitrogen and oxygen atoms in total. The lowest BCUT2D eigenvalue weighted by molar-refractivity contribution is -0.661. The van der Waals surface area contributed by atoms with Gasteiger partial charge in [-0.1, -0.05) is 12.1 Å². The van der Waals surface area contributed by atoms with Gasteiger partial charge in [-0.2, -0.15) is 0 Å². The van der Waals surface area contributed by atoms with Crippen molar-refractivity contribution in [3.63, 3.8) is 0 Å². The van der Waals surface area contributed by atoms with E-state index in [2.05, 4.69) is 4.90 Å². The van der Waals surface area contributed by atoms with Gasteiger partial charge in [-0.25, -0.2) is 9.48 Å². The minimum absolute atomic E-state index is 0. The third-order valence-electron chi connectivity index (χ3n) is 5.46. The predicted octanol–water partition coefficient (Wildman–Crippen LogP) is 0.258. The summed E-state index contributed by atoms with van der Waals surface area (Å²) < 4.78 is 7.53. The number of non-ortho nitro benzene ring substituents is 1. The maximum atomic E-state index is 11.7. The lowest BCUT2D eigenvalue weighted by atomic mass is 10.0. The number of rotatable bonds is 5. The summed E-state index contributed by atoms with van der Waals surface area (Å²) >= 11 is 0. The highest BCUT2D eigenvalue weighted by Crippen LogP contribution is 2.37. The Balaban J connectivity index is 0.00000240. The monoisotopic (exact) mass is 461 g/mol. The molecule has 0 radical (unpaired) electrons. The maximum Gasteiger partial charge on any atom is 0.271 e. The standard InChI is InChI=1S/C21H24N3O4.BrH/c1-2-28-19-11-9-17(10-12-19)22-15-21(25,23-13-4-3-8-20(22)23)16-6-5-7-18(14-16)24(26)27;/h5-7,9-12,14,25H,2-4,8,13,15H2,1H3;1H/q+1;/p-1. The molecule has 1 N–H and O–H groups in total. The number of hydrogen-bond donors (Lipinski definition) is 1. The van der Waals surface area contributed by atoms with Crippen LogP contribution in [0.3, 0.4) is 0 Å². The minimum Gasteiger partial charge on any atom is -1.00 e. The van der Waals surface area contributed by atoms with Crippen molar-refractivity contribution in [1.82, 2.24) is 0 Å². The van der Waals surface area contributed by atoms with Gasteiger partial charge in [0.15, 0.2) is 6.54 Å². The summed E-state index contributed by atoms with van der Waals surface area (Å²) in [7, 11) is 0. The molecule has 1 unspecified atom stereocenters. The van der Waals surface area contributed by atoms with E-state index in [0.29, 0.717) is 18.7 Å². The molecule has 2 aromatic rings. The topological polar surface area (TPSA) is 78.9 Å². The average Bonchev–Trinajstić information content (AvgIpc) is 3.03. The van der Waals surface area contributed by atoms with Gasteiger partial charge in [0.1, 0.15) is 11.4 Å². The summed E-state index contributed by atoms with van der Waals surface area (Å²) in [4.78, 5) is 12.9. The van der Waals surface area contributed by atoms with Gasteiger partial charge in [0.05, 0.1) is 18.1 Å². The summed E-state index contributed by atoms with van der Waals surface area (Å²) in [6.45, 7) is 3.61. The van der Waals surface area contributed by atoms with Gasteiger partial charge in [-0.15, -0.1) is 0 Å². The zero-order valence-corrected chi connectivity index (χ0v) is 17.8. The van der Waals surface area contributed by atoms with Crippen molar-refractivity contribution in [2.45, 2.75) is 31.9 Å². The van der Waals surface area contributed by atoms with Gasteiger partial charge >= 0.3 is 0 Å². The molecule has 2 aliphatic heterocycles. The first-order valence-electron chi connectivity index (χ1n) is 9.64. The summed E-state index contributed by atoms with van der Waals surface area (Å²) in [5, 5.41) is 22.9. The van der Waals surface area contributed by atoms with E-state index >= 15 is 0 Å². The Kier molecular flexibility index (Phi) is 6.24. The molecule has 0 aromatic heterocycles. The molecule has 0 saturated heterocycles. The molecule has 0 saturated carbocycles. The first kappa shape index (κ1) is 21.3. The van der Waals surface area contributed by atoms with E-state index in [-0.39, 0.29) is 22.7 Å². The maximum absolute atomic E-state index is 11.7. The molecule has 0 aliphatic carbocycles. The molecular formula is C21H24BrN3O4. The number of ether oxygens (including phenoxy) is 1. The van der Waals surface area contributed by atoms with Crippen LogP contribution in [0, 0.1) is 10.1 Å². The van der Waals surface area contributed by atoms with Crippen molar-refractivity contribution >= 4 is 17.2 Å². The summed E-state index contributed by atoms with van der Waals surface area (Å²) in [5.74, 6) is 1.87. The molecule has 0 bridgehead atoms. The largest absolute Gasteiger partial charge is 1.00 e. The first-order chi connectivity index (χ1) is 13.5. The summed E-state index contributed by atoms with van der Waals surface area (Å²) in [5.41, 5.74) is 0.227. The van der Waals surface area contributed by atoms with Gasteiger partial charge in [0.2, 0.25) is 0 Å². The lowest BCUT2D eigenvalue weighted by Crippen LogP contribution is -3.00. The van der Waals surface area contributed by atoms with Gasteiger partial charge < -0.3 is 26.8 Å². The van der Waals surface area contributed by atoms with Crippen molar-refractivity contribution < 1.29 is 36.3 Å². The van der Waals surface area contributed by atoms with Crippen LogP contribution < -0.4 is 26.6 Å². The Hall–Kier alpha value is -2.45. The molecule has 2 aliphatic rings. The number of β-amino-alcohol motifs (C(OH)–C–C–N with tert-alkyl or cyclic N) is 1. The number of halogens is 1. The quantitative estimate of drug-likeness (QED) is 0.392. The van der Waals surface area contributed by atoms with Crippen LogP contribution in [0.15, 0.2) is 48.5 Å². The van der Waals surface area contributed by atoms with Gasteiger partial charge in [-0.05, 0) is 44.0 Å². The van der Waals surface area contributed by atoms with Crippen LogP contribution >= 0.6 is 0 Å². The second-order valence-corrected chi connectivity index (χ2v) is 7.16. The highest BCUT2D eigenvalue weighted by molar-refractivity contribution is 5.96. The van der Waals surface area contributed by atoms with E-state index in [1.807, 2.05) is 35.8 Å². The number of benzene rings is 2. The Morgan fingerprint density at radius 2 is 2.00 bits per heavy atom. The van der Waals surface area contributed by atoms with E-state index in [9.17, 15) is 15.2 Å². The SMILES string of the molecule is CCOc1ccc(N2CC(O)(c3cccc([N+](=O)[O-])c3)[N+]3=C2CCCC3)cc1.[Br-]. The van der Waals surface area contributed by atoms with E-state index in [1.165, 1.54) is 12.1 Å². The number of nitrogens with zero attached hydrogens (tertiary/aromatic N) is 3. The van der Waals surface area contributed by atoms with Crippen LogP contribution in [0.4, 0.5) is 11.4 Å². The van der Waals surface area contributed by atoms with Crippen LogP contribution in [-0.4, -0.2) is 40.1 Å². The van der Waals surface area contributed by atoms with Crippen molar-refractivity contribution in [3.05, 3.63) is 64.2 Å². The highest BCUT2D eigenvalue weighted by atomic mass is 79.9. The Morgan fingerprint density at radius 3 is 2.69 bits per heavy atom. The molecule has 2 heterocycles. The predicted molar refractivity (Wildman–Crippen MR) is 106 cm³/mol. The molecule has 154 valence electrons. The Morgan fingerprint density at radius 1 is 1.24 bits per heavy atom. The van der Waals surface area contributed by atoms with Crippen molar-refractivity contribution in [2.75, 3.05) is 24.6 Å². The first-order valence-corrected chi connectivity index (χ1v) is 9.64. The number of amidine groups is 1. The summed E-state index contributed by atoms with van der Waals surface area (Å²) in [6, 6.07) is 14.2. The molecule has 2 aromatic carbocycles. The van der Waals surface area contributed by atoms with Gasteiger partial charge in [-0.3, -0.25) is 10.1 Å². The van der Waals surface area contributed by atoms with Crippen molar-refractivity contribution in [1.29, 1.82) is 0 Å². The van der Waals surface area contributed by atoms with E-state index in [0.717, 1.165) is 43.1 Å². The smallest absolute Gasteiger partial charge is 0.271 e. The number of nitro groups is 1. The minimum atomic E-state index is -1.29. The average molecular weight is 462 g/mol. The fourth-order valence-corrected chi connectivity index (χ4v) is 4.14. The zero-order chi connectivity index (χ0) is 19.7. The number of hydrogen-bond acceptors (Lipinski definition) is 5. The second kappa shape index (κ2) is 8.51. The van der Waals surface area contributed by atoms with Crippen LogP contribution in [0.2, 0.25) is 0 Å². The molecule has 0 spiro atoms. The van der Waals surface area contributed by atoms with Crippen LogP contribution in [0.5, 0.6) is 5.75 Å². The molecule has 0 amide bonds. The summed E-state index contributed by atoms with van der Waals surface area (Å²) in [6.07, 6.45) is 2.91. The molecule has 1 atom stereocenters. The van der Waals surface area contributed by atoms with Crippen molar-refractivity contribution in [2.24, 2.45) is 0 Å². The van der Waals surface area contributed by atoms with E-state index in [1.54, 1.807) is 12.1 Å². The van der Waals surface area contributed by atoms with Crippen LogP contribution in [0.25, 0.3) is 0 Å². The lowest BCUT2D eigenvalue weighted by Gasteiger charge is -2.24. The Labute approximate surface area is 180 Å². The van der Waals surface area contributed by atoms with Gasteiger partial charge in [0, 0.05) is 24.1 Å². The normalized spacial score (nSPS) is 20.8. The fourth-order valence-electron chi connectivity index (χ4n) is 4.14. The van der Waals surface area contributed by atoms with E-state index in [4.69, 9.17) is 4.74 Å². The van der Waals surface area contributed by atoms with E-state index < -0.39 is 10.6 Å². The number of nitro benzene ring substituents is 1. The van der Waals surface area contributed by atoms with Crippen LogP contribution in [0.1, 0.15) is 31.7 Å². The number of anilines is 1. The highest BCUT2D eigenvalue weighted by Gasteiger charge is 2.52. The molecule has 29 heavy (non-hydrogen) atoms. The van der Waals surface area contributed by atoms with Gasteiger partial charge in [0.25, 0.3) is 17.2 Å². The molecular weight excluding hydrogens is 438 g/mol. The second-order valence-electron chi connectivity index (χ2n) is 7.16. The molecule has 4 rings (SSSR count). The van der Waals surface area contributed by atoms with Crippen LogP contribution in [-0.2, 0) is 5.72 Å². The molecule has 0 fully saturated rings. The third kappa shape index (κ3) is 3.86. The Bertz CT molecular complexity index is 932. The third-order valence-corrected chi connectivity index (χ3v) is 5.46. The van der Waals surface area contributed by atoms with Crippen molar-refractivity contribution in [3.8, 4) is 5.75 Å². The molecule has 8 heteroatoms. The number of aliphatic hydroxyl groups is 1. The zero-order valence-electron chi connectivity index (χ0n) is 16.3.